The van der Waals surface area contributed by atoms with Gasteiger partial charge in [0.05, 0.1) is 27.0 Å². The Morgan fingerprint density at radius 3 is 1.06 bits per heavy atom. The summed E-state index contributed by atoms with van der Waals surface area (Å²) < 4.78 is 30.0. The fourth-order valence-electron chi connectivity index (χ4n) is 13.1. The van der Waals surface area contributed by atoms with Gasteiger partial charge < -0.3 is 56.3 Å². The van der Waals surface area contributed by atoms with Crippen LogP contribution < -0.4 is 51.4 Å². The standard InChI is InChI=1S/C21H24N2O3.2C20H22N2O3.C19H19FN2O2/c1-14-7-4-5-10-18(14)22-20(24)19-17(11-12-23(2)21(19)25)15-8-6-9-16(13-15)26-3;2*1-13-6-3-4-9-17(13)22-20(24)18-16(10-11-21-19(18)23)14-7-5-8-15(12-14)25-2;1-12-6-5-9-15(17(12)20)22-19(24)16-14(10-11-21-18(16)23)13-7-3-2-4-8-13/h4-10,13,17,19H,11-12H2,1-3H3,(H,22,24);2*3-9,12,16,18H,10-11H2,1-2H3,(H,21,23)(H,22,24);2-9,14,16H,10-11H2,1H3,(H,21,23)(H,22,24). The molecule has 0 aliphatic carbocycles. The van der Waals surface area contributed by atoms with Crippen molar-refractivity contribution in [3.05, 3.63) is 244 Å². The monoisotopic (exact) mass is 1350 g/mol. The second kappa shape index (κ2) is 34.9. The second-order valence-electron chi connectivity index (χ2n) is 25.2. The van der Waals surface area contributed by atoms with E-state index in [0.717, 1.165) is 79.7 Å². The minimum atomic E-state index is -0.874. The van der Waals surface area contributed by atoms with E-state index in [9.17, 15) is 42.7 Å². The van der Waals surface area contributed by atoms with Gasteiger partial charge in [-0.3, -0.25) is 38.4 Å². The third-order valence-corrected chi connectivity index (χ3v) is 18.7. The Bertz CT molecular complexity index is 4090. The zero-order valence-corrected chi connectivity index (χ0v) is 57.6. The van der Waals surface area contributed by atoms with Crippen LogP contribution in [-0.2, 0) is 38.4 Å². The molecule has 0 spiro atoms. The molecule has 0 radical (unpaired) electrons. The molecule has 4 heterocycles. The summed E-state index contributed by atoms with van der Waals surface area (Å²) >= 11 is 0. The van der Waals surface area contributed by atoms with Crippen molar-refractivity contribution in [2.45, 2.75) is 77.0 Å². The molecule has 0 aromatic heterocycles. The van der Waals surface area contributed by atoms with Crippen LogP contribution in [0.15, 0.2) is 194 Å². The molecule has 4 fully saturated rings. The number of rotatable bonds is 15. The number of halogens is 1. The van der Waals surface area contributed by atoms with Crippen LogP contribution in [0, 0.1) is 57.2 Å². The molecule has 100 heavy (non-hydrogen) atoms. The molecule has 20 heteroatoms. The molecule has 4 aliphatic heterocycles. The maximum Gasteiger partial charge on any atom is 0.237 e. The summed E-state index contributed by atoms with van der Waals surface area (Å²) in [6, 6.07) is 59.8. The van der Waals surface area contributed by atoms with Crippen LogP contribution in [0.1, 0.15) is 93.9 Å². The van der Waals surface area contributed by atoms with E-state index in [4.69, 9.17) is 14.2 Å². The van der Waals surface area contributed by atoms with Crippen LogP contribution in [0.2, 0.25) is 0 Å². The number of likely N-dealkylation sites (tertiary alicyclic amines) is 1. The summed E-state index contributed by atoms with van der Waals surface area (Å²) in [5.74, 6) is -4.40. The first kappa shape index (κ1) is 73.1. The molecule has 8 aromatic rings. The van der Waals surface area contributed by atoms with Crippen LogP contribution in [0.4, 0.5) is 27.1 Å². The molecule has 4 saturated heterocycles. The maximum atomic E-state index is 14.1. The molecule has 0 bridgehead atoms. The molecule has 520 valence electrons. The molecular weight excluding hydrogens is 1270 g/mol. The molecule has 8 atom stereocenters. The van der Waals surface area contributed by atoms with E-state index in [2.05, 4.69) is 37.2 Å². The van der Waals surface area contributed by atoms with Crippen molar-refractivity contribution in [3.8, 4) is 17.2 Å². The van der Waals surface area contributed by atoms with Crippen molar-refractivity contribution in [3.63, 3.8) is 0 Å². The van der Waals surface area contributed by atoms with E-state index in [1.165, 1.54) is 6.07 Å². The summed E-state index contributed by atoms with van der Waals surface area (Å²) in [4.78, 5) is 103. The Kier molecular flexibility index (Phi) is 25.5. The largest absolute Gasteiger partial charge is 0.497 e. The molecule has 4 aliphatic rings. The summed E-state index contributed by atoms with van der Waals surface area (Å²) in [7, 11) is 6.57. The van der Waals surface area contributed by atoms with Crippen molar-refractivity contribution in [2.24, 2.45) is 23.7 Å². The molecule has 0 saturated carbocycles. The number of carbonyl (C=O) groups is 8. The normalized spacial score (nSPS) is 20.0. The summed E-state index contributed by atoms with van der Waals surface area (Å²) in [6.07, 6.45) is 2.83. The highest BCUT2D eigenvalue weighted by Crippen LogP contribution is 2.39. The van der Waals surface area contributed by atoms with Crippen molar-refractivity contribution >= 4 is 70.0 Å². The highest BCUT2D eigenvalue weighted by molar-refractivity contribution is 6.10. The number of anilines is 4. The number of benzene rings is 8. The number of nitrogens with zero attached hydrogens (tertiary/aromatic N) is 1. The number of amides is 8. The number of carbonyl (C=O) groups excluding carboxylic acids is 8. The van der Waals surface area contributed by atoms with Crippen molar-refractivity contribution in [1.82, 2.24) is 20.9 Å². The molecule has 8 aromatic carbocycles. The molecule has 8 unspecified atom stereocenters. The predicted molar refractivity (Wildman–Crippen MR) is 385 cm³/mol. The molecule has 7 N–H and O–H groups in total. The van der Waals surface area contributed by atoms with E-state index < -0.39 is 35.4 Å². The van der Waals surface area contributed by atoms with E-state index in [-0.39, 0.29) is 70.7 Å². The maximum absolute atomic E-state index is 14.1. The summed E-state index contributed by atoms with van der Waals surface area (Å²) in [5, 5.41) is 19.7. The van der Waals surface area contributed by atoms with Gasteiger partial charge in [0, 0.05) is 74.0 Å². The van der Waals surface area contributed by atoms with Gasteiger partial charge >= 0.3 is 0 Å². The lowest BCUT2D eigenvalue weighted by Crippen LogP contribution is -2.47. The fourth-order valence-corrected chi connectivity index (χ4v) is 13.1. The minimum Gasteiger partial charge on any atom is -0.497 e. The highest BCUT2D eigenvalue weighted by Gasteiger charge is 2.43. The van der Waals surface area contributed by atoms with Crippen LogP contribution in [0.25, 0.3) is 0 Å². The zero-order chi connectivity index (χ0) is 71.4. The first-order valence-corrected chi connectivity index (χ1v) is 33.5. The van der Waals surface area contributed by atoms with Gasteiger partial charge in [-0.25, -0.2) is 4.39 Å². The third kappa shape index (κ3) is 18.3. The average molecular weight is 1360 g/mol. The summed E-state index contributed by atoms with van der Waals surface area (Å²) in [6.45, 7) is 9.71. The van der Waals surface area contributed by atoms with E-state index in [1.54, 1.807) is 52.3 Å². The topological polar surface area (TPSA) is 252 Å². The third-order valence-electron chi connectivity index (χ3n) is 18.7. The quantitative estimate of drug-likeness (QED) is 0.0475. The van der Waals surface area contributed by atoms with E-state index in [0.29, 0.717) is 51.0 Å². The fraction of sp³-hybridized carbons (Fsp3) is 0.300. The number of hydrogen-bond donors (Lipinski definition) is 7. The predicted octanol–water partition coefficient (Wildman–Crippen LogP) is 11.9. The second-order valence-corrected chi connectivity index (χ2v) is 25.2. The molecule has 19 nitrogen and oxygen atoms in total. The van der Waals surface area contributed by atoms with Gasteiger partial charge in [-0.15, -0.1) is 0 Å². The zero-order valence-electron chi connectivity index (χ0n) is 57.6. The lowest BCUT2D eigenvalue weighted by molar-refractivity contribution is -0.143. The lowest BCUT2D eigenvalue weighted by atomic mass is 9.79. The Morgan fingerprint density at radius 1 is 0.380 bits per heavy atom. The molecule has 12 rings (SSSR count). The van der Waals surface area contributed by atoms with Crippen LogP contribution >= 0.6 is 0 Å². The smallest absolute Gasteiger partial charge is 0.237 e. The van der Waals surface area contributed by atoms with Crippen LogP contribution in [0.5, 0.6) is 17.2 Å². The lowest BCUT2D eigenvalue weighted by Gasteiger charge is -2.35. The Balaban J connectivity index is 0.000000156. The average Bonchev–Trinajstić information content (AvgIpc) is 0.835. The number of piperidine rings is 4. The summed E-state index contributed by atoms with van der Waals surface area (Å²) in [5.41, 5.74) is 9.43. The van der Waals surface area contributed by atoms with Crippen LogP contribution in [0.3, 0.4) is 0 Å². The van der Waals surface area contributed by atoms with Crippen molar-refractivity contribution in [2.75, 3.05) is 75.8 Å². The van der Waals surface area contributed by atoms with Gasteiger partial charge in [-0.2, -0.15) is 0 Å². The Morgan fingerprint density at radius 2 is 0.680 bits per heavy atom. The SMILES string of the molecule is COc1cccc(C2CCN(C)C(=O)C2C(=O)Nc2ccccc2C)c1.COc1cccc(C2CCNC(=O)C2C(=O)Nc2ccccc2C)c1.COc1cccc(C2CCNC(=O)C2C(=O)Nc2ccccc2C)c1.Cc1cccc(NC(=O)C2C(=O)NCCC2c2ccccc2)c1F. The first-order chi connectivity index (χ1) is 48.3. The molecule has 8 amide bonds. The Hall–Kier alpha value is -11.2. The van der Waals surface area contributed by atoms with Gasteiger partial charge in [0.15, 0.2) is 0 Å². The van der Waals surface area contributed by atoms with Gasteiger partial charge in [0.1, 0.15) is 46.7 Å². The minimum absolute atomic E-state index is 0.102. The van der Waals surface area contributed by atoms with Crippen LogP contribution in [-0.4, -0.2) is 107 Å². The number of methoxy groups -OCH3 is 3. The van der Waals surface area contributed by atoms with Crippen molar-refractivity contribution < 1.29 is 57.0 Å². The highest BCUT2D eigenvalue weighted by atomic mass is 19.1. The molecular formula is C80H87FN8O11. The number of para-hydroxylation sites is 3. The van der Waals surface area contributed by atoms with Crippen molar-refractivity contribution in [1.29, 1.82) is 0 Å². The Labute approximate surface area is 583 Å². The number of aryl methyl sites for hydroxylation is 4. The van der Waals surface area contributed by atoms with Gasteiger partial charge in [0.2, 0.25) is 47.3 Å². The van der Waals surface area contributed by atoms with Gasteiger partial charge in [0.25, 0.3) is 0 Å². The van der Waals surface area contributed by atoms with E-state index in [1.807, 2.05) is 197 Å². The first-order valence-electron chi connectivity index (χ1n) is 33.5. The van der Waals surface area contributed by atoms with Gasteiger partial charge in [-0.1, -0.05) is 133 Å². The van der Waals surface area contributed by atoms with E-state index >= 15 is 0 Å². The van der Waals surface area contributed by atoms with Gasteiger partial charge in [-0.05, 0) is 159 Å². The number of hydrogen-bond acceptors (Lipinski definition) is 11. The number of nitrogens with one attached hydrogen (secondary N) is 7. The number of ether oxygens (including phenoxy) is 3.